The summed E-state index contributed by atoms with van der Waals surface area (Å²) in [7, 11) is -3.93. The number of carbonyl (C=O) groups excluding carboxylic acids is 2. The highest BCUT2D eigenvalue weighted by molar-refractivity contribution is 7.90. The van der Waals surface area contributed by atoms with Gasteiger partial charge in [-0.1, -0.05) is 13.0 Å². The maximum Gasteiger partial charge on any atom is 0.264 e. The van der Waals surface area contributed by atoms with Crippen LogP contribution in [-0.4, -0.2) is 20.2 Å². The van der Waals surface area contributed by atoms with Gasteiger partial charge in [0.25, 0.3) is 10.0 Å². The molecule has 0 aliphatic heterocycles. The Balaban J connectivity index is 3.11. The number of hydrogen-bond acceptors (Lipinski definition) is 4. The Morgan fingerprint density at radius 2 is 2.00 bits per heavy atom. The highest BCUT2D eigenvalue weighted by atomic mass is 32.2. The molecule has 0 spiro atoms. The maximum atomic E-state index is 11.7. The molecular formula is C10H12N2O4S. The second-order valence-corrected chi connectivity index (χ2v) is 4.96. The van der Waals surface area contributed by atoms with Gasteiger partial charge in [-0.2, -0.15) is 0 Å². The molecule has 92 valence electrons. The summed E-state index contributed by atoms with van der Waals surface area (Å²) in [6, 6.07) is 5.17. The molecule has 7 heteroatoms. The highest BCUT2D eigenvalue weighted by Gasteiger charge is 2.17. The van der Waals surface area contributed by atoms with Gasteiger partial charge in [0, 0.05) is 12.0 Å². The summed E-state index contributed by atoms with van der Waals surface area (Å²) in [5, 5.41) is 0. The van der Waals surface area contributed by atoms with Crippen molar-refractivity contribution in [1.29, 1.82) is 0 Å². The SMILES string of the molecule is CCC(=O)NS(=O)(=O)c1cccc(C(N)=O)c1. The van der Waals surface area contributed by atoms with Crippen LogP contribution < -0.4 is 10.5 Å². The lowest BCUT2D eigenvalue weighted by Crippen LogP contribution is -2.30. The fourth-order valence-corrected chi connectivity index (χ4v) is 2.20. The molecule has 0 aromatic heterocycles. The lowest BCUT2D eigenvalue weighted by Gasteiger charge is -2.06. The molecule has 0 bridgehead atoms. The van der Waals surface area contributed by atoms with Crippen LogP contribution in [0.15, 0.2) is 29.2 Å². The molecule has 0 unspecified atom stereocenters. The van der Waals surface area contributed by atoms with E-state index in [4.69, 9.17) is 5.73 Å². The number of primary amides is 1. The molecule has 0 atom stereocenters. The number of carbonyl (C=O) groups is 2. The van der Waals surface area contributed by atoms with Crippen molar-refractivity contribution in [2.45, 2.75) is 18.2 Å². The smallest absolute Gasteiger partial charge is 0.264 e. The second kappa shape index (κ2) is 4.96. The van der Waals surface area contributed by atoms with Crippen LogP contribution in [-0.2, 0) is 14.8 Å². The van der Waals surface area contributed by atoms with Gasteiger partial charge in [0.2, 0.25) is 11.8 Å². The Morgan fingerprint density at radius 1 is 1.35 bits per heavy atom. The third kappa shape index (κ3) is 3.28. The zero-order valence-electron chi connectivity index (χ0n) is 9.14. The molecule has 2 amide bonds. The number of sulfonamides is 1. The van der Waals surface area contributed by atoms with Crippen molar-refractivity contribution in [3.05, 3.63) is 29.8 Å². The third-order valence-corrected chi connectivity index (χ3v) is 3.37. The number of hydrogen-bond donors (Lipinski definition) is 2. The largest absolute Gasteiger partial charge is 0.366 e. The topological polar surface area (TPSA) is 106 Å². The Bertz CT molecular complexity index is 551. The van der Waals surface area contributed by atoms with E-state index >= 15 is 0 Å². The molecule has 1 rings (SSSR count). The predicted molar refractivity (Wildman–Crippen MR) is 60.6 cm³/mol. The molecule has 0 aliphatic rings. The van der Waals surface area contributed by atoms with Gasteiger partial charge in [0.15, 0.2) is 0 Å². The van der Waals surface area contributed by atoms with Crippen LogP contribution in [0.1, 0.15) is 23.7 Å². The van der Waals surface area contributed by atoms with Gasteiger partial charge < -0.3 is 5.73 Å². The summed E-state index contributed by atoms with van der Waals surface area (Å²) < 4.78 is 25.3. The minimum atomic E-state index is -3.93. The lowest BCUT2D eigenvalue weighted by atomic mass is 10.2. The molecule has 0 fully saturated rings. The van der Waals surface area contributed by atoms with Gasteiger partial charge in [-0.05, 0) is 18.2 Å². The molecular weight excluding hydrogens is 244 g/mol. The standard InChI is InChI=1S/C10H12N2O4S/c1-2-9(13)12-17(15,16)8-5-3-4-7(6-8)10(11)14/h3-6H,2H2,1H3,(H2,11,14)(H,12,13). The fourth-order valence-electron chi connectivity index (χ4n) is 1.10. The van der Waals surface area contributed by atoms with Crippen LogP contribution in [0.2, 0.25) is 0 Å². The lowest BCUT2D eigenvalue weighted by molar-refractivity contribution is -0.119. The van der Waals surface area contributed by atoms with Crippen LogP contribution in [0, 0.1) is 0 Å². The summed E-state index contributed by atoms with van der Waals surface area (Å²) in [5.74, 6) is -1.35. The zero-order chi connectivity index (χ0) is 13.1. The normalized spacial score (nSPS) is 10.9. The van der Waals surface area contributed by atoms with E-state index in [-0.39, 0.29) is 16.9 Å². The number of benzene rings is 1. The Morgan fingerprint density at radius 3 is 2.53 bits per heavy atom. The van der Waals surface area contributed by atoms with Crippen molar-refractivity contribution in [1.82, 2.24) is 4.72 Å². The van der Waals surface area contributed by atoms with E-state index in [1.165, 1.54) is 25.1 Å². The summed E-state index contributed by atoms with van der Waals surface area (Å²) in [5.41, 5.74) is 5.10. The summed E-state index contributed by atoms with van der Waals surface area (Å²) in [6.45, 7) is 1.53. The average Bonchev–Trinajstić information content (AvgIpc) is 2.28. The first-order valence-corrected chi connectivity index (χ1v) is 6.30. The molecule has 0 aliphatic carbocycles. The molecule has 17 heavy (non-hydrogen) atoms. The van der Waals surface area contributed by atoms with Crippen molar-refractivity contribution in [3.63, 3.8) is 0 Å². The van der Waals surface area contributed by atoms with Gasteiger partial charge in [0.1, 0.15) is 0 Å². The quantitative estimate of drug-likeness (QED) is 0.790. The van der Waals surface area contributed by atoms with E-state index in [0.717, 1.165) is 6.07 Å². The van der Waals surface area contributed by atoms with Crippen LogP contribution in [0.5, 0.6) is 0 Å². The fraction of sp³-hybridized carbons (Fsp3) is 0.200. The summed E-state index contributed by atoms with van der Waals surface area (Å²) >= 11 is 0. The summed E-state index contributed by atoms with van der Waals surface area (Å²) in [6.07, 6.45) is 0.0503. The van der Waals surface area contributed by atoms with Crippen molar-refractivity contribution < 1.29 is 18.0 Å². The minimum Gasteiger partial charge on any atom is -0.366 e. The molecule has 0 saturated heterocycles. The zero-order valence-corrected chi connectivity index (χ0v) is 9.95. The van der Waals surface area contributed by atoms with Gasteiger partial charge in [-0.3, -0.25) is 9.59 Å². The van der Waals surface area contributed by atoms with Crippen molar-refractivity contribution in [3.8, 4) is 0 Å². The van der Waals surface area contributed by atoms with Gasteiger partial charge in [-0.25, -0.2) is 13.1 Å². The number of amides is 2. The minimum absolute atomic E-state index is 0.0503. The second-order valence-electron chi connectivity index (χ2n) is 3.27. The van der Waals surface area contributed by atoms with Gasteiger partial charge >= 0.3 is 0 Å². The molecule has 0 heterocycles. The first-order valence-electron chi connectivity index (χ1n) is 4.82. The third-order valence-electron chi connectivity index (χ3n) is 2.00. The Hall–Kier alpha value is -1.89. The van der Waals surface area contributed by atoms with Crippen LogP contribution in [0.4, 0.5) is 0 Å². The van der Waals surface area contributed by atoms with Gasteiger partial charge in [0.05, 0.1) is 4.90 Å². The van der Waals surface area contributed by atoms with Gasteiger partial charge in [-0.15, -0.1) is 0 Å². The number of nitrogens with two attached hydrogens (primary N) is 1. The molecule has 1 aromatic carbocycles. The van der Waals surface area contributed by atoms with Crippen LogP contribution >= 0.6 is 0 Å². The van der Waals surface area contributed by atoms with E-state index in [0.29, 0.717) is 0 Å². The average molecular weight is 256 g/mol. The van der Waals surface area contributed by atoms with Crippen LogP contribution in [0.25, 0.3) is 0 Å². The van der Waals surface area contributed by atoms with Crippen molar-refractivity contribution in [2.24, 2.45) is 5.73 Å². The maximum absolute atomic E-state index is 11.7. The van der Waals surface area contributed by atoms with E-state index in [2.05, 4.69) is 0 Å². The number of nitrogens with one attached hydrogen (secondary N) is 1. The van der Waals surface area contributed by atoms with E-state index < -0.39 is 21.8 Å². The Labute approximate surface area is 98.9 Å². The number of rotatable bonds is 4. The van der Waals surface area contributed by atoms with Crippen molar-refractivity contribution in [2.75, 3.05) is 0 Å². The van der Waals surface area contributed by atoms with E-state index in [9.17, 15) is 18.0 Å². The predicted octanol–water partition coefficient (Wildman–Crippen LogP) is 0.000400. The molecule has 0 saturated carbocycles. The van der Waals surface area contributed by atoms with E-state index in [1.54, 1.807) is 0 Å². The highest BCUT2D eigenvalue weighted by Crippen LogP contribution is 2.11. The first kappa shape index (κ1) is 13.2. The van der Waals surface area contributed by atoms with E-state index in [1.807, 2.05) is 4.72 Å². The Kier molecular flexibility index (Phi) is 3.84. The molecule has 6 nitrogen and oxygen atoms in total. The first-order chi connectivity index (χ1) is 7.86. The van der Waals surface area contributed by atoms with Crippen LogP contribution in [0.3, 0.4) is 0 Å². The summed E-state index contributed by atoms with van der Waals surface area (Å²) in [4.78, 5) is 21.8. The molecule has 3 N–H and O–H groups in total. The van der Waals surface area contributed by atoms with Crippen molar-refractivity contribution >= 4 is 21.8 Å². The monoisotopic (exact) mass is 256 g/mol. The molecule has 0 radical (unpaired) electrons. The molecule has 1 aromatic rings.